The van der Waals surface area contributed by atoms with E-state index in [1.165, 1.54) is 19.3 Å². The lowest BCUT2D eigenvalue weighted by atomic mass is 9.64. The fourth-order valence-electron chi connectivity index (χ4n) is 3.23. The van der Waals surface area contributed by atoms with Gasteiger partial charge in [0, 0.05) is 17.9 Å². The highest BCUT2D eigenvalue weighted by atomic mass is 16.7. The maximum atomic E-state index is 6.14. The third-order valence-electron chi connectivity index (χ3n) is 4.97. The Labute approximate surface area is 98.4 Å². The molecule has 3 fully saturated rings. The van der Waals surface area contributed by atoms with Gasteiger partial charge in [0.25, 0.3) is 0 Å². The van der Waals surface area contributed by atoms with E-state index in [9.17, 15) is 0 Å². The zero-order chi connectivity index (χ0) is 11.6. The minimum absolute atomic E-state index is 0.00667. The summed E-state index contributed by atoms with van der Waals surface area (Å²) >= 11 is 0. The van der Waals surface area contributed by atoms with Crippen molar-refractivity contribution < 1.29 is 9.31 Å². The SMILES string of the molecule is CC1(C)OB(C2CC3CCC2N3)OC1(C)C. The largest absolute Gasteiger partial charge is 0.462 e. The summed E-state index contributed by atoms with van der Waals surface area (Å²) < 4.78 is 12.3. The van der Waals surface area contributed by atoms with Crippen molar-refractivity contribution in [3.05, 3.63) is 0 Å². The average Bonchev–Trinajstić information content (AvgIpc) is 2.79. The van der Waals surface area contributed by atoms with Crippen LogP contribution in [0.5, 0.6) is 0 Å². The second kappa shape index (κ2) is 3.24. The number of fused-ring (bicyclic) bond motifs is 2. The molecule has 0 aromatic heterocycles. The van der Waals surface area contributed by atoms with Crippen LogP contribution < -0.4 is 5.32 Å². The van der Waals surface area contributed by atoms with E-state index in [4.69, 9.17) is 9.31 Å². The first-order valence-corrected chi connectivity index (χ1v) is 6.51. The Morgan fingerprint density at radius 1 is 1.06 bits per heavy atom. The van der Waals surface area contributed by atoms with Crippen LogP contribution in [0.3, 0.4) is 0 Å². The molecule has 90 valence electrons. The third kappa shape index (κ3) is 1.46. The highest BCUT2D eigenvalue weighted by Gasteiger charge is 2.57. The molecule has 0 spiro atoms. The fraction of sp³-hybridized carbons (Fsp3) is 1.00. The minimum Gasteiger partial charge on any atom is -0.403 e. The van der Waals surface area contributed by atoms with Crippen LogP contribution in [0.1, 0.15) is 47.0 Å². The van der Waals surface area contributed by atoms with Crippen LogP contribution in [0.15, 0.2) is 0 Å². The van der Waals surface area contributed by atoms with E-state index in [0.717, 1.165) is 0 Å². The highest BCUT2D eigenvalue weighted by Crippen LogP contribution is 2.46. The Morgan fingerprint density at radius 3 is 2.12 bits per heavy atom. The minimum atomic E-state index is -0.181. The van der Waals surface area contributed by atoms with Gasteiger partial charge in [0.1, 0.15) is 0 Å². The van der Waals surface area contributed by atoms with Crippen molar-refractivity contribution in [1.29, 1.82) is 0 Å². The summed E-state index contributed by atoms with van der Waals surface area (Å²) in [5, 5.41) is 3.65. The third-order valence-corrected chi connectivity index (χ3v) is 4.97. The van der Waals surface area contributed by atoms with Gasteiger partial charge in [-0.2, -0.15) is 0 Å². The molecule has 0 aromatic rings. The van der Waals surface area contributed by atoms with Crippen LogP contribution in [-0.2, 0) is 9.31 Å². The van der Waals surface area contributed by atoms with Crippen LogP contribution in [0.2, 0.25) is 5.82 Å². The van der Waals surface area contributed by atoms with Gasteiger partial charge in [-0.25, -0.2) is 0 Å². The molecule has 0 radical (unpaired) electrons. The Morgan fingerprint density at radius 2 is 1.69 bits per heavy atom. The van der Waals surface area contributed by atoms with Crippen molar-refractivity contribution in [3.63, 3.8) is 0 Å². The van der Waals surface area contributed by atoms with E-state index in [2.05, 4.69) is 33.0 Å². The molecule has 3 aliphatic rings. The molecule has 16 heavy (non-hydrogen) atoms. The molecule has 3 heterocycles. The van der Waals surface area contributed by atoms with Crippen LogP contribution >= 0.6 is 0 Å². The number of hydrogen-bond acceptors (Lipinski definition) is 3. The van der Waals surface area contributed by atoms with Crippen LogP contribution in [0.25, 0.3) is 0 Å². The molecule has 0 aliphatic carbocycles. The molecule has 0 aromatic carbocycles. The lowest BCUT2D eigenvalue weighted by molar-refractivity contribution is 0.00578. The standard InChI is InChI=1S/C12H22BNO2/c1-11(2)12(3,4)16-13(15-11)9-7-8-5-6-10(9)14-8/h8-10,14H,5-7H2,1-4H3. The Kier molecular flexibility index (Phi) is 2.24. The zero-order valence-corrected chi connectivity index (χ0v) is 10.7. The normalized spacial score (nSPS) is 44.2. The van der Waals surface area contributed by atoms with Gasteiger partial charge < -0.3 is 14.6 Å². The molecule has 3 aliphatic heterocycles. The van der Waals surface area contributed by atoms with Gasteiger partial charge in [-0.05, 0) is 47.0 Å². The van der Waals surface area contributed by atoms with Gasteiger partial charge in [-0.3, -0.25) is 0 Å². The van der Waals surface area contributed by atoms with Gasteiger partial charge in [0.15, 0.2) is 0 Å². The first kappa shape index (κ1) is 11.1. The van der Waals surface area contributed by atoms with Crippen LogP contribution in [0, 0.1) is 0 Å². The highest BCUT2D eigenvalue weighted by molar-refractivity contribution is 6.48. The molecule has 2 bridgehead atoms. The van der Waals surface area contributed by atoms with Gasteiger partial charge in [-0.1, -0.05) is 0 Å². The Hall–Kier alpha value is -0.0551. The van der Waals surface area contributed by atoms with Crippen LogP contribution in [0.4, 0.5) is 0 Å². The molecule has 0 amide bonds. The van der Waals surface area contributed by atoms with E-state index in [1.54, 1.807) is 0 Å². The number of rotatable bonds is 1. The molecule has 1 N–H and O–H groups in total. The summed E-state index contributed by atoms with van der Waals surface area (Å²) in [6, 6.07) is 1.34. The van der Waals surface area contributed by atoms with Gasteiger partial charge in [0.05, 0.1) is 11.2 Å². The number of hydrogen-bond donors (Lipinski definition) is 1. The summed E-state index contributed by atoms with van der Waals surface area (Å²) in [6.45, 7) is 8.53. The summed E-state index contributed by atoms with van der Waals surface area (Å²) in [4.78, 5) is 0. The predicted octanol–water partition coefficient (Wildman–Crippen LogP) is 1.97. The molecular formula is C12H22BNO2. The lowest BCUT2D eigenvalue weighted by Gasteiger charge is -2.32. The Balaban J connectivity index is 1.74. The lowest BCUT2D eigenvalue weighted by Crippen LogP contribution is -2.41. The first-order valence-electron chi connectivity index (χ1n) is 6.51. The van der Waals surface area contributed by atoms with E-state index in [-0.39, 0.29) is 18.3 Å². The summed E-state index contributed by atoms with van der Waals surface area (Å²) in [5.74, 6) is 0.555. The second-order valence-corrected chi connectivity index (χ2v) is 6.57. The average molecular weight is 223 g/mol. The smallest absolute Gasteiger partial charge is 0.403 e. The summed E-state index contributed by atoms with van der Waals surface area (Å²) in [7, 11) is -0.00667. The van der Waals surface area contributed by atoms with Crippen molar-refractivity contribution in [2.75, 3.05) is 0 Å². The molecule has 0 saturated carbocycles. The van der Waals surface area contributed by atoms with Crippen molar-refractivity contribution >= 4 is 7.12 Å². The molecule has 3 nitrogen and oxygen atoms in total. The van der Waals surface area contributed by atoms with E-state index in [0.29, 0.717) is 17.9 Å². The topological polar surface area (TPSA) is 30.5 Å². The summed E-state index contributed by atoms with van der Waals surface area (Å²) in [5.41, 5.74) is -0.362. The van der Waals surface area contributed by atoms with Crippen molar-refractivity contribution in [2.24, 2.45) is 0 Å². The maximum absolute atomic E-state index is 6.14. The predicted molar refractivity (Wildman–Crippen MR) is 64.4 cm³/mol. The van der Waals surface area contributed by atoms with Gasteiger partial charge in [0.2, 0.25) is 0 Å². The van der Waals surface area contributed by atoms with Crippen LogP contribution in [-0.4, -0.2) is 30.4 Å². The molecule has 3 saturated heterocycles. The molecule has 3 rings (SSSR count). The molecule has 3 atom stereocenters. The summed E-state index contributed by atoms with van der Waals surface area (Å²) in [6.07, 6.45) is 3.85. The van der Waals surface area contributed by atoms with Crippen molar-refractivity contribution in [1.82, 2.24) is 5.32 Å². The molecular weight excluding hydrogens is 201 g/mol. The van der Waals surface area contributed by atoms with Gasteiger partial charge >= 0.3 is 7.12 Å². The second-order valence-electron chi connectivity index (χ2n) is 6.57. The first-order chi connectivity index (χ1) is 7.39. The molecule has 4 heteroatoms. The van der Waals surface area contributed by atoms with Crippen molar-refractivity contribution in [3.8, 4) is 0 Å². The van der Waals surface area contributed by atoms with Crippen molar-refractivity contribution in [2.45, 2.75) is 76.1 Å². The van der Waals surface area contributed by atoms with Gasteiger partial charge in [-0.15, -0.1) is 0 Å². The van der Waals surface area contributed by atoms with E-state index < -0.39 is 0 Å². The zero-order valence-electron chi connectivity index (χ0n) is 10.7. The fourth-order valence-corrected chi connectivity index (χ4v) is 3.23. The quantitative estimate of drug-likeness (QED) is 0.689. The maximum Gasteiger partial charge on any atom is 0.462 e. The van der Waals surface area contributed by atoms with E-state index in [1.807, 2.05) is 0 Å². The molecule has 3 unspecified atom stereocenters. The number of nitrogens with one attached hydrogen (secondary N) is 1. The Bertz CT molecular complexity index is 289. The van der Waals surface area contributed by atoms with E-state index >= 15 is 0 Å². The monoisotopic (exact) mass is 223 g/mol.